The van der Waals surface area contributed by atoms with Crippen LogP contribution in [0.2, 0.25) is 0 Å². The van der Waals surface area contributed by atoms with Crippen LogP contribution in [0.5, 0.6) is 34.5 Å². The topological polar surface area (TPSA) is 136 Å². The van der Waals surface area contributed by atoms with Gasteiger partial charge in [0.1, 0.15) is 0 Å². The number of methoxy groups -OCH3 is 3. The Bertz CT molecular complexity index is 1330. The molecule has 2 heterocycles. The second-order valence-corrected chi connectivity index (χ2v) is 9.93. The monoisotopic (exact) mass is 554 g/mol. The standard InChI is InChI=1S/C30H34O10/c1-35-25-10-16(4-7-21(25)31)23(33)13-28(34)40-24-9-6-18(12-27(24)37-3)30-20-15-38-29(19(20)14-39-30)17-5-8-22(32)26(11-17)36-2/h4-12,19-20,23,28-34H,13-15H2,1-3H3. The molecule has 2 aliphatic heterocycles. The number of hydrogen-bond donors (Lipinski definition) is 4. The highest BCUT2D eigenvalue weighted by Crippen LogP contribution is 2.51. The molecule has 0 aliphatic carbocycles. The lowest BCUT2D eigenvalue weighted by molar-refractivity contribution is -0.0522. The number of phenolic OH excluding ortho intramolecular Hbond substituents is 2. The Kier molecular flexibility index (Phi) is 8.22. The minimum absolute atomic E-state index is 0.0436. The second kappa shape index (κ2) is 11.8. The maximum atomic E-state index is 10.6. The lowest BCUT2D eigenvalue weighted by Crippen LogP contribution is -2.20. The first-order valence-corrected chi connectivity index (χ1v) is 13.0. The summed E-state index contributed by atoms with van der Waals surface area (Å²) in [6.45, 7) is 1.03. The summed E-state index contributed by atoms with van der Waals surface area (Å²) in [6, 6.07) is 15.1. The molecule has 40 heavy (non-hydrogen) atoms. The maximum absolute atomic E-state index is 10.6. The summed E-state index contributed by atoms with van der Waals surface area (Å²) in [4.78, 5) is 0. The number of ether oxygens (including phenoxy) is 6. The molecular formula is C30H34O10. The van der Waals surface area contributed by atoms with Crippen LogP contribution in [-0.2, 0) is 9.47 Å². The Balaban J connectivity index is 1.25. The number of fused-ring (bicyclic) bond motifs is 1. The van der Waals surface area contributed by atoms with Gasteiger partial charge < -0.3 is 48.8 Å². The third kappa shape index (κ3) is 5.48. The number of rotatable bonds is 10. The van der Waals surface area contributed by atoms with Crippen LogP contribution in [0.25, 0.3) is 0 Å². The van der Waals surface area contributed by atoms with Crippen molar-refractivity contribution in [2.45, 2.75) is 31.0 Å². The van der Waals surface area contributed by atoms with Crippen molar-refractivity contribution in [3.63, 3.8) is 0 Å². The molecule has 0 spiro atoms. The summed E-state index contributed by atoms with van der Waals surface area (Å²) in [5, 5.41) is 40.8. The van der Waals surface area contributed by atoms with Crippen molar-refractivity contribution < 1.29 is 48.8 Å². The van der Waals surface area contributed by atoms with Crippen LogP contribution >= 0.6 is 0 Å². The molecule has 0 bridgehead atoms. The third-order valence-electron chi connectivity index (χ3n) is 7.59. The molecule has 2 fully saturated rings. The molecule has 10 nitrogen and oxygen atoms in total. The molecule has 3 aromatic rings. The lowest BCUT2D eigenvalue weighted by Gasteiger charge is -2.21. The van der Waals surface area contributed by atoms with Gasteiger partial charge in [0.15, 0.2) is 40.8 Å². The predicted octanol–water partition coefficient (Wildman–Crippen LogP) is 4.02. The van der Waals surface area contributed by atoms with Gasteiger partial charge in [-0.15, -0.1) is 0 Å². The van der Waals surface area contributed by atoms with Crippen LogP contribution in [0.4, 0.5) is 0 Å². The molecule has 0 aromatic heterocycles. The molecule has 2 saturated heterocycles. The van der Waals surface area contributed by atoms with E-state index >= 15 is 0 Å². The zero-order chi connectivity index (χ0) is 28.4. The van der Waals surface area contributed by atoms with Gasteiger partial charge in [-0.1, -0.05) is 18.2 Å². The van der Waals surface area contributed by atoms with Crippen LogP contribution in [0.3, 0.4) is 0 Å². The fourth-order valence-corrected chi connectivity index (χ4v) is 5.49. The van der Waals surface area contributed by atoms with E-state index in [9.17, 15) is 20.4 Å². The Morgan fingerprint density at radius 3 is 1.82 bits per heavy atom. The van der Waals surface area contributed by atoms with E-state index in [1.165, 1.54) is 33.5 Å². The number of aromatic hydroxyl groups is 2. The highest BCUT2D eigenvalue weighted by molar-refractivity contribution is 5.45. The van der Waals surface area contributed by atoms with Gasteiger partial charge in [-0.3, -0.25) is 0 Å². The minimum Gasteiger partial charge on any atom is -0.504 e. The van der Waals surface area contributed by atoms with E-state index < -0.39 is 12.4 Å². The van der Waals surface area contributed by atoms with E-state index in [0.29, 0.717) is 36.0 Å². The minimum atomic E-state index is -1.33. The number of aliphatic hydroxyl groups excluding tert-OH is 2. The van der Waals surface area contributed by atoms with Gasteiger partial charge in [0.2, 0.25) is 0 Å². The van der Waals surface area contributed by atoms with E-state index in [1.54, 1.807) is 24.3 Å². The average Bonchev–Trinajstić information content (AvgIpc) is 3.56. The molecule has 5 rings (SSSR count). The largest absolute Gasteiger partial charge is 0.504 e. The quantitative estimate of drug-likeness (QED) is 0.272. The number of aliphatic hydroxyl groups is 2. The van der Waals surface area contributed by atoms with Crippen molar-refractivity contribution in [2.24, 2.45) is 11.8 Å². The molecule has 2 aliphatic rings. The summed E-state index contributed by atoms with van der Waals surface area (Å²) in [5.74, 6) is 1.64. The van der Waals surface area contributed by atoms with E-state index in [-0.39, 0.29) is 47.7 Å². The number of benzene rings is 3. The van der Waals surface area contributed by atoms with Gasteiger partial charge in [-0.05, 0) is 53.1 Å². The average molecular weight is 555 g/mol. The van der Waals surface area contributed by atoms with E-state index in [1.807, 2.05) is 18.2 Å². The van der Waals surface area contributed by atoms with Crippen LogP contribution in [0.15, 0.2) is 54.6 Å². The van der Waals surface area contributed by atoms with Crippen LogP contribution in [0, 0.1) is 11.8 Å². The number of phenols is 2. The van der Waals surface area contributed by atoms with Crippen LogP contribution < -0.4 is 18.9 Å². The van der Waals surface area contributed by atoms with Gasteiger partial charge in [0, 0.05) is 18.3 Å². The normalized spacial score (nSPS) is 23.3. The smallest absolute Gasteiger partial charge is 0.200 e. The molecule has 6 atom stereocenters. The molecule has 0 amide bonds. The molecule has 3 aromatic carbocycles. The predicted molar refractivity (Wildman–Crippen MR) is 143 cm³/mol. The Morgan fingerprint density at radius 1 is 0.700 bits per heavy atom. The highest BCUT2D eigenvalue weighted by atomic mass is 16.6. The summed E-state index contributed by atoms with van der Waals surface area (Å²) in [5.41, 5.74) is 2.29. The summed E-state index contributed by atoms with van der Waals surface area (Å²) >= 11 is 0. The molecule has 0 radical (unpaired) electrons. The van der Waals surface area contributed by atoms with Crippen molar-refractivity contribution in [2.75, 3.05) is 34.5 Å². The SMILES string of the molecule is COc1cc(C(O)CC(O)Oc2ccc(C3OCC4C(c5ccc(O)c(OC)c5)OCC34)cc2OC)ccc1O. The van der Waals surface area contributed by atoms with E-state index in [0.717, 1.165) is 11.1 Å². The molecule has 4 N–H and O–H groups in total. The fourth-order valence-electron chi connectivity index (χ4n) is 5.49. The lowest BCUT2D eigenvalue weighted by atomic mass is 9.85. The first-order valence-electron chi connectivity index (χ1n) is 13.0. The summed E-state index contributed by atoms with van der Waals surface area (Å²) < 4.78 is 34.0. The Hall–Kier alpha value is -3.70. The van der Waals surface area contributed by atoms with Crippen molar-refractivity contribution in [3.05, 3.63) is 71.3 Å². The summed E-state index contributed by atoms with van der Waals surface area (Å²) in [7, 11) is 4.45. The van der Waals surface area contributed by atoms with Crippen molar-refractivity contribution in [1.82, 2.24) is 0 Å². The Morgan fingerprint density at radius 2 is 1.23 bits per heavy atom. The van der Waals surface area contributed by atoms with Crippen LogP contribution in [0.1, 0.15) is 41.4 Å². The third-order valence-corrected chi connectivity index (χ3v) is 7.59. The molecule has 10 heteroatoms. The zero-order valence-electron chi connectivity index (χ0n) is 22.5. The van der Waals surface area contributed by atoms with Gasteiger partial charge in [0.25, 0.3) is 0 Å². The molecule has 0 saturated carbocycles. The number of hydrogen-bond acceptors (Lipinski definition) is 10. The second-order valence-electron chi connectivity index (χ2n) is 9.93. The van der Waals surface area contributed by atoms with Gasteiger partial charge in [-0.25, -0.2) is 0 Å². The highest BCUT2D eigenvalue weighted by Gasteiger charge is 2.48. The van der Waals surface area contributed by atoms with Crippen molar-refractivity contribution >= 4 is 0 Å². The summed E-state index contributed by atoms with van der Waals surface area (Å²) in [6.07, 6.45) is -2.89. The van der Waals surface area contributed by atoms with Gasteiger partial charge in [0.05, 0.1) is 52.9 Å². The molecule has 214 valence electrons. The Labute approximate surface area is 232 Å². The first kappa shape index (κ1) is 27.9. The maximum Gasteiger partial charge on any atom is 0.200 e. The van der Waals surface area contributed by atoms with Crippen molar-refractivity contribution in [1.29, 1.82) is 0 Å². The van der Waals surface area contributed by atoms with E-state index in [4.69, 9.17) is 28.4 Å². The van der Waals surface area contributed by atoms with Crippen molar-refractivity contribution in [3.8, 4) is 34.5 Å². The zero-order valence-corrected chi connectivity index (χ0v) is 22.5. The van der Waals surface area contributed by atoms with Gasteiger partial charge >= 0.3 is 0 Å². The van der Waals surface area contributed by atoms with E-state index in [2.05, 4.69) is 0 Å². The molecular weight excluding hydrogens is 520 g/mol. The van der Waals surface area contributed by atoms with Crippen LogP contribution in [-0.4, -0.2) is 61.3 Å². The fraction of sp³-hybridized carbons (Fsp3) is 0.400. The first-order chi connectivity index (χ1) is 19.3. The molecule has 6 unspecified atom stereocenters. The van der Waals surface area contributed by atoms with Gasteiger partial charge in [-0.2, -0.15) is 0 Å².